The van der Waals surface area contributed by atoms with Gasteiger partial charge in [-0.1, -0.05) is 43.2 Å². The molecule has 27 heavy (non-hydrogen) atoms. The van der Waals surface area contributed by atoms with E-state index in [1.54, 1.807) is 11.8 Å². The molecule has 2 unspecified atom stereocenters. The number of benzene rings is 1. The van der Waals surface area contributed by atoms with E-state index in [-0.39, 0.29) is 18.0 Å². The molecule has 1 heterocycles. The number of nitrogens with one attached hydrogen (secondary N) is 2. The smallest absolute Gasteiger partial charge is 0.315 e. The minimum Gasteiger partial charge on any atom is -0.481 e. The van der Waals surface area contributed by atoms with Crippen LogP contribution in [-0.4, -0.2) is 46.0 Å². The molecule has 7 nitrogen and oxygen atoms in total. The number of carbonyl (C=O) groups excluding carboxylic acids is 2. The van der Waals surface area contributed by atoms with Gasteiger partial charge >= 0.3 is 12.0 Å². The first kappa shape index (κ1) is 19.2. The summed E-state index contributed by atoms with van der Waals surface area (Å²) in [6, 6.07) is 8.85. The van der Waals surface area contributed by atoms with Gasteiger partial charge in [-0.2, -0.15) is 0 Å². The van der Waals surface area contributed by atoms with Crippen LogP contribution in [0.2, 0.25) is 0 Å². The van der Waals surface area contributed by atoms with Gasteiger partial charge in [-0.3, -0.25) is 9.59 Å². The number of hydrogen-bond donors (Lipinski definition) is 3. The van der Waals surface area contributed by atoms with Crippen LogP contribution in [0.4, 0.5) is 4.79 Å². The Morgan fingerprint density at radius 3 is 2.44 bits per heavy atom. The number of carboxylic acids is 1. The maximum absolute atomic E-state index is 13.2. The van der Waals surface area contributed by atoms with Crippen molar-refractivity contribution in [3.05, 3.63) is 35.9 Å². The second-order valence-electron chi connectivity index (χ2n) is 7.56. The van der Waals surface area contributed by atoms with E-state index in [4.69, 9.17) is 0 Å². The highest BCUT2D eigenvalue weighted by Gasteiger charge is 2.49. The van der Waals surface area contributed by atoms with E-state index >= 15 is 0 Å². The van der Waals surface area contributed by atoms with Crippen molar-refractivity contribution < 1.29 is 19.5 Å². The Balaban J connectivity index is 1.65. The van der Waals surface area contributed by atoms with Crippen molar-refractivity contribution in [1.82, 2.24) is 15.5 Å². The van der Waals surface area contributed by atoms with Crippen LogP contribution in [0.25, 0.3) is 0 Å². The average Bonchev–Trinajstić information content (AvgIpc) is 3.28. The van der Waals surface area contributed by atoms with Gasteiger partial charge in [0.2, 0.25) is 5.91 Å². The normalized spacial score (nSPS) is 23.8. The fraction of sp³-hybridized carbons (Fsp3) is 0.550. The summed E-state index contributed by atoms with van der Waals surface area (Å²) in [5.41, 5.74) is 0.0551. The van der Waals surface area contributed by atoms with E-state index in [9.17, 15) is 19.5 Å². The lowest BCUT2D eigenvalue weighted by Gasteiger charge is -2.35. The molecule has 3 N–H and O–H groups in total. The molecule has 0 radical (unpaired) electrons. The quantitative estimate of drug-likeness (QED) is 0.736. The lowest BCUT2D eigenvalue weighted by molar-refractivity contribution is -0.144. The molecule has 3 rings (SSSR count). The van der Waals surface area contributed by atoms with Crippen molar-refractivity contribution >= 4 is 17.9 Å². The molecule has 146 valence electrons. The summed E-state index contributed by atoms with van der Waals surface area (Å²) >= 11 is 0. The van der Waals surface area contributed by atoms with Gasteiger partial charge in [0.05, 0.1) is 5.92 Å². The molecule has 1 saturated heterocycles. The van der Waals surface area contributed by atoms with Crippen LogP contribution >= 0.6 is 0 Å². The van der Waals surface area contributed by atoms with Gasteiger partial charge in [0, 0.05) is 19.1 Å². The van der Waals surface area contributed by atoms with Crippen LogP contribution in [0.15, 0.2) is 30.3 Å². The summed E-state index contributed by atoms with van der Waals surface area (Å²) < 4.78 is 0. The monoisotopic (exact) mass is 373 g/mol. The number of carboxylic acid groups (broad SMARTS) is 1. The van der Waals surface area contributed by atoms with Crippen molar-refractivity contribution in [1.29, 1.82) is 0 Å². The van der Waals surface area contributed by atoms with E-state index < -0.39 is 17.4 Å². The van der Waals surface area contributed by atoms with Crippen molar-refractivity contribution in [2.75, 3.05) is 6.54 Å². The number of rotatable bonds is 5. The minimum absolute atomic E-state index is 0.147. The zero-order valence-corrected chi connectivity index (χ0v) is 15.6. The molecular weight excluding hydrogens is 346 g/mol. The molecule has 2 fully saturated rings. The summed E-state index contributed by atoms with van der Waals surface area (Å²) in [6.07, 6.45) is 3.38. The largest absolute Gasteiger partial charge is 0.481 e. The third kappa shape index (κ3) is 4.07. The zero-order chi connectivity index (χ0) is 19.4. The van der Waals surface area contributed by atoms with Gasteiger partial charge in [-0.05, 0) is 31.7 Å². The van der Waals surface area contributed by atoms with Crippen molar-refractivity contribution in [2.45, 2.75) is 57.2 Å². The molecule has 1 aromatic rings. The van der Waals surface area contributed by atoms with Gasteiger partial charge in [-0.15, -0.1) is 0 Å². The molecule has 3 amide bonds. The Hall–Kier alpha value is -2.57. The number of hydrogen-bond acceptors (Lipinski definition) is 3. The Bertz CT molecular complexity index is 700. The number of amides is 3. The Morgan fingerprint density at radius 1 is 1.19 bits per heavy atom. The molecule has 1 aliphatic carbocycles. The highest BCUT2D eigenvalue weighted by atomic mass is 16.4. The first-order chi connectivity index (χ1) is 12.9. The standard InChI is InChI=1S/C20H27N3O4/c1-14-16(17(24)25)9-12-23(14)18(26)20(10-5-6-11-20)22-19(27)21-13-15-7-3-2-4-8-15/h2-4,7-8,14,16H,5-6,9-13H2,1H3,(H,24,25)(H2,21,22,27). The van der Waals surface area contributed by atoms with Crippen LogP contribution in [0, 0.1) is 5.92 Å². The lowest BCUT2D eigenvalue weighted by Crippen LogP contribution is -2.60. The fourth-order valence-corrected chi connectivity index (χ4v) is 4.24. The summed E-state index contributed by atoms with van der Waals surface area (Å²) in [5, 5.41) is 15.1. The van der Waals surface area contributed by atoms with Gasteiger partial charge in [0.15, 0.2) is 0 Å². The molecule has 2 atom stereocenters. The van der Waals surface area contributed by atoms with Gasteiger partial charge in [0.25, 0.3) is 0 Å². The Labute approximate surface area is 159 Å². The van der Waals surface area contributed by atoms with E-state index in [1.165, 1.54) is 0 Å². The maximum Gasteiger partial charge on any atom is 0.315 e. The molecule has 2 aliphatic rings. The molecular formula is C20H27N3O4. The summed E-state index contributed by atoms with van der Waals surface area (Å²) in [4.78, 5) is 38.7. The highest BCUT2D eigenvalue weighted by Crippen LogP contribution is 2.35. The second kappa shape index (κ2) is 7.98. The first-order valence-corrected chi connectivity index (χ1v) is 9.57. The molecule has 0 aromatic heterocycles. The number of urea groups is 1. The van der Waals surface area contributed by atoms with Crippen LogP contribution < -0.4 is 10.6 Å². The van der Waals surface area contributed by atoms with Gasteiger partial charge < -0.3 is 20.6 Å². The first-order valence-electron chi connectivity index (χ1n) is 9.57. The van der Waals surface area contributed by atoms with E-state index in [0.717, 1.165) is 18.4 Å². The van der Waals surface area contributed by atoms with Crippen LogP contribution in [0.5, 0.6) is 0 Å². The summed E-state index contributed by atoms with van der Waals surface area (Å²) in [7, 11) is 0. The predicted octanol–water partition coefficient (Wildman–Crippen LogP) is 2.12. The zero-order valence-electron chi connectivity index (χ0n) is 15.6. The van der Waals surface area contributed by atoms with E-state index in [0.29, 0.717) is 32.4 Å². The number of nitrogens with zero attached hydrogens (tertiary/aromatic N) is 1. The molecule has 1 aromatic carbocycles. The van der Waals surface area contributed by atoms with Crippen molar-refractivity contribution in [3.8, 4) is 0 Å². The maximum atomic E-state index is 13.2. The van der Waals surface area contributed by atoms with Crippen LogP contribution in [0.3, 0.4) is 0 Å². The van der Waals surface area contributed by atoms with Crippen molar-refractivity contribution in [2.24, 2.45) is 5.92 Å². The van der Waals surface area contributed by atoms with Gasteiger partial charge in [-0.25, -0.2) is 4.79 Å². The van der Waals surface area contributed by atoms with Crippen LogP contribution in [-0.2, 0) is 16.1 Å². The molecule has 0 spiro atoms. The summed E-state index contributed by atoms with van der Waals surface area (Å²) in [5.74, 6) is -1.56. The third-order valence-electron chi connectivity index (χ3n) is 5.85. The molecule has 1 saturated carbocycles. The number of carbonyl (C=O) groups is 3. The second-order valence-corrected chi connectivity index (χ2v) is 7.56. The minimum atomic E-state index is -0.928. The molecule has 7 heteroatoms. The highest BCUT2D eigenvalue weighted by molar-refractivity contribution is 5.92. The lowest BCUT2D eigenvalue weighted by atomic mass is 9.94. The topological polar surface area (TPSA) is 98.7 Å². The Kier molecular flexibility index (Phi) is 5.68. The average molecular weight is 373 g/mol. The van der Waals surface area contributed by atoms with E-state index in [2.05, 4.69) is 10.6 Å². The number of aliphatic carboxylic acids is 1. The van der Waals surface area contributed by atoms with E-state index in [1.807, 2.05) is 30.3 Å². The molecule has 1 aliphatic heterocycles. The third-order valence-corrected chi connectivity index (χ3v) is 5.85. The van der Waals surface area contributed by atoms with Gasteiger partial charge in [0.1, 0.15) is 5.54 Å². The van der Waals surface area contributed by atoms with Crippen molar-refractivity contribution in [3.63, 3.8) is 0 Å². The molecule has 0 bridgehead atoms. The number of likely N-dealkylation sites (tertiary alicyclic amines) is 1. The predicted molar refractivity (Wildman–Crippen MR) is 99.9 cm³/mol. The fourth-order valence-electron chi connectivity index (χ4n) is 4.24. The SMILES string of the molecule is CC1C(C(=O)O)CCN1C(=O)C1(NC(=O)NCc2ccccc2)CCCC1. The Morgan fingerprint density at radius 2 is 1.85 bits per heavy atom. The van der Waals surface area contributed by atoms with Crippen LogP contribution in [0.1, 0.15) is 44.6 Å². The summed E-state index contributed by atoms with van der Waals surface area (Å²) in [6.45, 7) is 2.59.